The van der Waals surface area contributed by atoms with Crippen molar-refractivity contribution in [2.24, 2.45) is 0 Å². The van der Waals surface area contributed by atoms with Crippen LogP contribution in [0.25, 0.3) is 11.4 Å². The quantitative estimate of drug-likeness (QED) is 0.662. The van der Waals surface area contributed by atoms with Gasteiger partial charge in [-0.05, 0) is 55.4 Å². The maximum atomic E-state index is 13.8. The fourth-order valence-corrected chi connectivity index (χ4v) is 3.82. The van der Waals surface area contributed by atoms with Gasteiger partial charge in [-0.2, -0.15) is 0 Å². The van der Waals surface area contributed by atoms with E-state index in [9.17, 15) is 18.4 Å². The van der Waals surface area contributed by atoms with Crippen LogP contribution in [0.5, 0.6) is 0 Å². The Morgan fingerprint density at radius 3 is 2.59 bits per heavy atom. The maximum Gasteiger partial charge on any atom is 0.259 e. The smallest absolute Gasteiger partial charge is 0.259 e. The van der Waals surface area contributed by atoms with E-state index in [4.69, 9.17) is 4.98 Å². The number of aryl methyl sites for hydroxylation is 1. The lowest BCUT2D eigenvalue weighted by molar-refractivity contribution is -0.116. The summed E-state index contributed by atoms with van der Waals surface area (Å²) in [6.45, 7) is 5.42. The summed E-state index contributed by atoms with van der Waals surface area (Å²) in [5.41, 5.74) is 2.29. The van der Waals surface area contributed by atoms with E-state index in [1.165, 1.54) is 34.9 Å². The lowest BCUT2D eigenvalue weighted by Gasteiger charge is -2.27. The van der Waals surface area contributed by atoms with Crippen LogP contribution in [0.15, 0.2) is 47.3 Å². The average molecular weight is 438 g/mol. The van der Waals surface area contributed by atoms with Crippen molar-refractivity contribution in [1.29, 1.82) is 0 Å². The van der Waals surface area contributed by atoms with Crippen LogP contribution < -0.4 is 10.9 Å². The molecule has 1 aliphatic rings. The van der Waals surface area contributed by atoms with Gasteiger partial charge >= 0.3 is 0 Å². The Balaban J connectivity index is 1.72. The molecule has 0 radical (unpaired) electrons. The predicted molar refractivity (Wildman–Crippen MR) is 118 cm³/mol. The zero-order valence-corrected chi connectivity index (χ0v) is 18.0. The number of rotatable bonds is 5. The molecule has 3 aromatic rings. The molecule has 1 aliphatic heterocycles. The van der Waals surface area contributed by atoms with E-state index >= 15 is 0 Å². The van der Waals surface area contributed by atoms with Crippen LogP contribution >= 0.6 is 0 Å². The molecule has 32 heavy (non-hydrogen) atoms. The topological polar surface area (TPSA) is 67.2 Å². The van der Waals surface area contributed by atoms with Gasteiger partial charge in [0.25, 0.3) is 5.56 Å². The molecule has 0 saturated carbocycles. The second kappa shape index (κ2) is 9.00. The summed E-state index contributed by atoms with van der Waals surface area (Å²) >= 11 is 0. The fourth-order valence-electron chi connectivity index (χ4n) is 3.82. The van der Waals surface area contributed by atoms with E-state index in [0.29, 0.717) is 46.9 Å². The largest absolute Gasteiger partial charge is 0.324 e. The number of nitrogens with one attached hydrogen (secondary N) is 1. The standard InChI is InChI=1S/C24H24F2N4O2/c1-3-29-11-10-21-19(13-29)24(32)30(23(28-21)16-5-7-17(25)8-6-16)14-22(31)27-18-9-4-15(2)20(26)12-18/h4-9,12H,3,10-11,13-14H2,1-2H3,(H,27,31). The van der Waals surface area contributed by atoms with Gasteiger partial charge in [0.15, 0.2) is 0 Å². The first-order valence-electron chi connectivity index (χ1n) is 10.5. The molecule has 0 atom stereocenters. The zero-order valence-electron chi connectivity index (χ0n) is 18.0. The molecule has 0 spiro atoms. The molecule has 1 N–H and O–H groups in total. The number of anilines is 1. The minimum Gasteiger partial charge on any atom is -0.324 e. The third-order valence-corrected chi connectivity index (χ3v) is 5.70. The number of aromatic nitrogens is 2. The molecule has 8 heteroatoms. The second-order valence-corrected chi connectivity index (χ2v) is 7.89. The molecule has 0 saturated heterocycles. The lowest BCUT2D eigenvalue weighted by Crippen LogP contribution is -2.39. The summed E-state index contributed by atoms with van der Waals surface area (Å²) in [6, 6.07) is 10.1. The average Bonchev–Trinajstić information content (AvgIpc) is 2.78. The van der Waals surface area contributed by atoms with Gasteiger partial charge < -0.3 is 5.32 Å². The molecule has 4 rings (SSSR count). The summed E-state index contributed by atoms with van der Waals surface area (Å²) < 4.78 is 28.6. The molecule has 166 valence electrons. The van der Waals surface area contributed by atoms with Crippen LogP contribution in [0, 0.1) is 18.6 Å². The number of fused-ring (bicyclic) bond motifs is 1. The summed E-state index contributed by atoms with van der Waals surface area (Å²) in [6.07, 6.45) is 0.627. The summed E-state index contributed by atoms with van der Waals surface area (Å²) in [7, 11) is 0. The van der Waals surface area contributed by atoms with Crippen LogP contribution in [0.4, 0.5) is 14.5 Å². The summed E-state index contributed by atoms with van der Waals surface area (Å²) in [4.78, 5) is 33.0. The monoisotopic (exact) mass is 438 g/mol. The van der Waals surface area contributed by atoms with Gasteiger partial charge in [0.05, 0.1) is 11.3 Å². The summed E-state index contributed by atoms with van der Waals surface area (Å²) in [5.74, 6) is -1.01. The van der Waals surface area contributed by atoms with Gasteiger partial charge in [0, 0.05) is 30.8 Å². The highest BCUT2D eigenvalue weighted by molar-refractivity contribution is 5.90. The van der Waals surface area contributed by atoms with Crippen LogP contribution in [-0.2, 0) is 24.3 Å². The van der Waals surface area contributed by atoms with E-state index in [1.54, 1.807) is 19.1 Å². The molecule has 2 aromatic carbocycles. The highest BCUT2D eigenvalue weighted by atomic mass is 19.1. The maximum absolute atomic E-state index is 13.8. The van der Waals surface area contributed by atoms with E-state index in [0.717, 1.165) is 13.1 Å². The Morgan fingerprint density at radius 2 is 1.91 bits per heavy atom. The molecule has 0 fully saturated rings. The molecule has 0 unspecified atom stereocenters. The number of halogens is 2. The Hall–Kier alpha value is -3.39. The van der Waals surface area contributed by atoms with E-state index in [2.05, 4.69) is 10.2 Å². The highest BCUT2D eigenvalue weighted by Gasteiger charge is 2.24. The number of hydrogen-bond acceptors (Lipinski definition) is 4. The van der Waals surface area contributed by atoms with Crippen molar-refractivity contribution in [1.82, 2.24) is 14.5 Å². The predicted octanol–water partition coefficient (Wildman–Crippen LogP) is 3.51. The first-order chi connectivity index (χ1) is 15.4. The van der Waals surface area contributed by atoms with Crippen LogP contribution in [-0.4, -0.2) is 33.4 Å². The van der Waals surface area contributed by atoms with Crippen LogP contribution in [0.2, 0.25) is 0 Å². The summed E-state index contributed by atoms with van der Waals surface area (Å²) in [5, 5.41) is 2.64. The van der Waals surface area contributed by atoms with Crippen molar-refractivity contribution in [3.8, 4) is 11.4 Å². The van der Waals surface area contributed by atoms with E-state index < -0.39 is 17.5 Å². The van der Waals surface area contributed by atoms with Crippen molar-refractivity contribution in [2.45, 2.75) is 33.4 Å². The Kier molecular flexibility index (Phi) is 6.14. The van der Waals surface area contributed by atoms with E-state index in [1.807, 2.05) is 6.92 Å². The first-order valence-corrected chi connectivity index (χ1v) is 10.5. The second-order valence-electron chi connectivity index (χ2n) is 7.89. The molecule has 2 heterocycles. The molecule has 0 aliphatic carbocycles. The fraction of sp³-hybridized carbons (Fsp3) is 0.292. The Labute approximate surface area is 184 Å². The normalized spacial score (nSPS) is 13.6. The highest BCUT2D eigenvalue weighted by Crippen LogP contribution is 2.22. The lowest BCUT2D eigenvalue weighted by atomic mass is 10.1. The van der Waals surface area contributed by atoms with Crippen LogP contribution in [0.3, 0.4) is 0 Å². The van der Waals surface area contributed by atoms with Crippen LogP contribution in [0.1, 0.15) is 23.7 Å². The van der Waals surface area contributed by atoms with Gasteiger partial charge in [-0.1, -0.05) is 13.0 Å². The number of nitrogens with zero attached hydrogens (tertiary/aromatic N) is 3. The zero-order chi connectivity index (χ0) is 22.8. The number of likely N-dealkylation sites (N-methyl/N-ethyl adjacent to an activating group) is 1. The number of hydrogen-bond donors (Lipinski definition) is 1. The molecule has 1 aromatic heterocycles. The van der Waals surface area contributed by atoms with Gasteiger partial charge in [0.2, 0.25) is 5.91 Å². The van der Waals surface area contributed by atoms with Gasteiger partial charge in [-0.15, -0.1) is 0 Å². The van der Waals surface area contributed by atoms with E-state index in [-0.39, 0.29) is 12.1 Å². The van der Waals surface area contributed by atoms with Crippen molar-refractivity contribution in [3.05, 3.63) is 81.3 Å². The van der Waals surface area contributed by atoms with Crippen molar-refractivity contribution in [2.75, 3.05) is 18.4 Å². The van der Waals surface area contributed by atoms with Gasteiger partial charge in [0.1, 0.15) is 24.0 Å². The molecule has 0 bridgehead atoms. The number of amides is 1. The van der Waals surface area contributed by atoms with Crippen molar-refractivity contribution >= 4 is 11.6 Å². The number of carbonyl (C=O) groups excluding carboxylic acids is 1. The molecule has 6 nitrogen and oxygen atoms in total. The minimum absolute atomic E-state index is 0.294. The molecule has 1 amide bonds. The third kappa shape index (κ3) is 4.45. The number of benzene rings is 2. The van der Waals surface area contributed by atoms with Crippen molar-refractivity contribution in [3.63, 3.8) is 0 Å². The third-order valence-electron chi connectivity index (χ3n) is 5.70. The van der Waals surface area contributed by atoms with Gasteiger partial charge in [-0.3, -0.25) is 19.1 Å². The SMILES string of the molecule is CCN1CCc2nc(-c3ccc(F)cc3)n(CC(=O)Nc3ccc(C)c(F)c3)c(=O)c2C1. The van der Waals surface area contributed by atoms with Crippen molar-refractivity contribution < 1.29 is 13.6 Å². The molecular formula is C24H24F2N4O2. The Bertz CT molecular complexity index is 1220. The van der Waals surface area contributed by atoms with Gasteiger partial charge in [-0.25, -0.2) is 13.8 Å². The first kappa shape index (κ1) is 21.8. The molecular weight excluding hydrogens is 414 g/mol. The Morgan fingerprint density at radius 1 is 1.16 bits per heavy atom. The number of carbonyl (C=O) groups is 1. The minimum atomic E-state index is -0.483.